The number of likely N-dealkylation sites (N-methyl/N-ethyl adjacent to an activating group) is 1. The number of benzene rings is 1. The number of ether oxygens (including phenoxy) is 1. The van der Waals surface area contributed by atoms with E-state index in [9.17, 15) is 4.79 Å². The molecule has 0 bridgehead atoms. The molecule has 20 heavy (non-hydrogen) atoms. The van der Waals surface area contributed by atoms with Crippen molar-refractivity contribution in [2.75, 3.05) is 27.3 Å². The molecule has 0 atom stereocenters. The number of nitrogens with zero attached hydrogens (tertiary/aromatic N) is 3. The summed E-state index contributed by atoms with van der Waals surface area (Å²) in [4.78, 5) is 18.5. The molecular formula is C15H21N3O2. The van der Waals surface area contributed by atoms with Crippen molar-refractivity contribution in [3.05, 3.63) is 30.1 Å². The highest BCUT2D eigenvalue weighted by Crippen LogP contribution is 2.15. The van der Waals surface area contributed by atoms with Crippen LogP contribution in [-0.4, -0.2) is 47.7 Å². The molecule has 2 rings (SSSR count). The van der Waals surface area contributed by atoms with Crippen LogP contribution in [0.1, 0.15) is 12.2 Å². The Hall–Kier alpha value is -1.88. The van der Waals surface area contributed by atoms with E-state index in [0.717, 1.165) is 23.3 Å². The van der Waals surface area contributed by atoms with Gasteiger partial charge in [0.2, 0.25) is 5.91 Å². The minimum Gasteiger partial charge on any atom is -0.385 e. The summed E-state index contributed by atoms with van der Waals surface area (Å²) in [5.41, 5.74) is 1.93. The fourth-order valence-electron chi connectivity index (χ4n) is 2.22. The van der Waals surface area contributed by atoms with E-state index in [1.807, 2.05) is 42.8 Å². The molecule has 0 aliphatic rings. The van der Waals surface area contributed by atoms with Gasteiger partial charge in [-0.15, -0.1) is 0 Å². The van der Waals surface area contributed by atoms with Crippen molar-refractivity contribution < 1.29 is 9.53 Å². The first-order valence-electron chi connectivity index (χ1n) is 6.78. The average Bonchev–Trinajstić information content (AvgIpc) is 2.75. The number of rotatable bonds is 6. The fraction of sp³-hybridized carbons (Fsp3) is 0.467. The van der Waals surface area contributed by atoms with Gasteiger partial charge in [-0.05, 0) is 25.5 Å². The highest BCUT2D eigenvalue weighted by molar-refractivity contribution is 5.81. The van der Waals surface area contributed by atoms with E-state index < -0.39 is 0 Å². The van der Waals surface area contributed by atoms with Gasteiger partial charge in [0.05, 0.1) is 11.0 Å². The van der Waals surface area contributed by atoms with Gasteiger partial charge < -0.3 is 14.2 Å². The summed E-state index contributed by atoms with van der Waals surface area (Å²) in [6.45, 7) is 3.64. The number of methoxy groups -OCH3 is 1. The van der Waals surface area contributed by atoms with Crippen LogP contribution in [0.25, 0.3) is 11.0 Å². The van der Waals surface area contributed by atoms with Crippen LogP contribution < -0.4 is 0 Å². The SMILES string of the molecule is COCCCN(C)C(=O)Cn1c(C)nc2ccccc21. The molecule has 1 heterocycles. The number of hydrogen-bond donors (Lipinski definition) is 0. The molecule has 1 aromatic heterocycles. The van der Waals surface area contributed by atoms with Crippen molar-refractivity contribution in [1.82, 2.24) is 14.5 Å². The van der Waals surface area contributed by atoms with Crippen molar-refractivity contribution in [1.29, 1.82) is 0 Å². The number of aromatic nitrogens is 2. The Morgan fingerprint density at radius 2 is 2.15 bits per heavy atom. The number of carbonyl (C=O) groups excluding carboxylic acids is 1. The number of fused-ring (bicyclic) bond motifs is 1. The zero-order chi connectivity index (χ0) is 14.5. The molecule has 5 heteroatoms. The third-order valence-corrected chi connectivity index (χ3v) is 3.41. The largest absolute Gasteiger partial charge is 0.385 e. The van der Waals surface area contributed by atoms with Gasteiger partial charge >= 0.3 is 0 Å². The third kappa shape index (κ3) is 3.17. The molecule has 1 amide bonds. The maximum absolute atomic E-state index is 12.2. The molecule has 0 N–H and O–H groups in total. The predicted octanol–water partition coefficient (Wildman–Crippen LogP) is 1.84. The third-order valence-electron chi connectivity index (χ3n) is 3.41. The highest BCUT2D eigenvalue weighted by atomic mass is 16.5. The van der Waals surface area contributed by atoms with E-state index in [4.69, 9.17) is 4.74 Å². The Balaban J connectivity index is 2.08. The van der Waals surface area contributed by atoms with Crippen LogP contribution >= 0.6 is 0 Å². The van der Waals surface area contributed by atoms with Crippen LogP contribution in [0.4, 0.5) is 0 Å². The molecule has 0 radical (unpaired) electrons. The van der Waals surface area contributed by atoms with E-state index in [2.05, 4.69) is 4.98 Å². The van der Waals surface area contributed by atoms with E-state index >= 15 is 0 Å². The summed E-state index contributed by atoms with van der Waals surface area (Å²) >= 11 is 0. The molecule has 0 saturated carbocycles. The van der Waals surface area contributed by atoms with Gasteiger partial charge in [0.1, 0.15) is 12.4 Å². The van der Waals surface area contributed by atoms with Crippen LogP contribution in [0.15, 0.2) is 24.3 Å². The van der Waals surface area contributed by atoms with Crippen LogP contribution in [0.3, 0.4) is 0 Å². The first-order valence-corrected chi connectivity index (χ1v) is 6.78. The lowest BCUT2D eigenvalue weighted by molar-refractivity contribution is -0.130. The zero-order valence-corrected chi connectivity index (χ0v) is 12.3. The van der Waals surface area contributed by atoms with Crippen LogP contribution in [0.2, 0.25) is 0 Å². The van der Waals surface area contributed by atoms with Crippen molar-refractivity contribution in [2.45, 2.75) is 19.9 Å². The molecule has 5 nitrogen and oxygen atoms in total. The van der Waals surface area contributed by atoms with E-state index in [-0.39, 0.29) is 5.91 Å². The molecule has 0 aliphatic heterocycles. The Labute approximate surface area is 119 Å². The zero-order valence-electron chi connectivity index (χ0n) is 12.3. The first-order chi connectivity index (χ1) is 9.63. The number of carbonyl (C=O) groups is 1. The number of imidazole rings is 1. The lowest BCUT2D eigenvalue weighted by atomic mass is 10.3. The van der Waals surface area contributed by atoms with Gasteiger partial charge in [-0.25, -0.2) is 4.98 Å². The van der Waals surface area contributed by atoms with Crippen LogP contribution in [0.5, 0.6) is 0 Å². The predicted molar refractivity (Wildman–Crippen MR) is 78.6 cm³/mol. The topological polar surface area (TPSA) is 47.4 Å². The summed E-state index contributed by atoms with van der Waals surface area (Å²) in [6.07, 6.45) is 0.850. The second-order valence-electron chi connectivity index (χ2n) is 4.90. The molecule has 0 spiro atoms. The summed E-state index contributed by atoms with van der Waals surface area (Å²) < 4.78 is 6.96. The van der Waals surface area contributed by atoms with Crippen molar-refractivity contribution >= 4 is 16.9 Å². The van der Waals surface area contributed by atoms with Gasteiger partial charge in [-0.1, -0.05) is 12.1 Å². The molecule has 1 aromatic carbocycles. The Kier molecular flexibility index (Phi) is 4.74. The van der Waals surface area contributed by atoms with Gasteiger partial charge in [0.25, 0.3) is 0 Å². The lowest BCUT2D eigenvalue weighted by Crippen LogP contribution is -2.31. The molecule has 0 saturated heterocycles. The minimum atomic E-state index is 0.0901. The monoisotopic (exact) mass is 275 g/mol. The number of amides is 1. The summed E-state index contributed by atoms with van der Waals surface area (Å²) in [7, 11) is 3.50. The molecule has 0 fully saturated rings. The van der Waals surface area contributed by atoms with Crippen LogP contribution in [0, 0.1) is 6.92 Å². The number of hydrogen-bond acceptors (Lipinski definition) is 3. The summed E-state index contributed by atoms with van der Waals surface area (Å²) in [5, 5.41) is 0. The minimum absolute atomic E-state index is 0.0901. The molecule has 0 aliphatic carbocycles. The number of para-hydroxylation sites is 2. The Morgan fingerprint density at radius 3 is 2.90 bits per heavy atom. The van der Waals surface area contributed by atoms with Gasteiger partial charge in [0, 0.05) is 27.3 Å². The quantitative estimate of drug-likeness (QED) is 0.756. The Morgan fingerprint density at radius 1 is 1.40 bits per heavy atom. The first kappa shape index (κ1) is 14.5. The molecule has 0 unspecified atom stereocenters. The molecular weight excluding hydrogens is 254 g/mol. The van der Waals surface area contributed by atoms with E-state index in [0.29, 0.717) is 19.7 Å². The van der Waals surface area contributed by atoms with Gasteiger partial charge in [-0.2, -0.15) is 0 Å². The van der Waals surface area contributed by atoms with Gasteiger partial charge in [-0.3, -0.25) is 4.79 Å². The highest BCUT2D eigenvalue weighted by Gasteiger charge is 2.13. The summed E-state index contributed by atoms with van der Waals surface area (Å²) in [6, 6.07) is 7.88. The second-order valence-corrected chi connectivity index (χ2v) is 4.90. The van der Waals surface area contributed by atoms with Crippen molar-refractivity contribution in [2.24, 2.45) is 0 Å². The molecule has 108 valence electrons. The second kappa shape index (κ2) is 6.52. The maximum Gasteiger partial charge on any atom is 0.242 e. The van der Waals surface area contributed by atoms with Crippen molar-refractivity contribution in [3.8, 4) is 0 Å². The molecule has 2 aromatic rings. The average molecular weight is 275 g/mol. The van der Waals surface area contributed by atoms with Crippen molar-refractivity contribution in [3.63, 3.8) is 0 Å². The standard InChI is InChI=1S/C15H21N3O2/c1-12-16-13-7-4-5-8-14(13)18(12)11-15(19)17(2)9-6-10-20-3/h4-5,7-8H,6,9-11H2,1-3H3. The van der Waals surface area contributed by atoms with E-state index in [1.165, 1.54) is 0 Å². The normalized spacial score (nSPS) is 10.9. The maximum atomic E-state index is 12.2. The smallest absolute Gasteiger partial charge is 0.242 e. The summed E-state index contributed by atoms with van der Waals surface area (Å²) in [5.74, 6) is 0.956. The van der Waals surface area contributed by atoms with E-state index in [1.54, 1.807) is 12.0 Å². The lowest BCUT2D eigenvalue weighted by Gasteiger charge is -2.18. The Bertz CT molecular complexity index is 592. The van der Waals surface area contributed by atoms with Gasteiger partial charge in [0.15, 0.2) is 0 Å². The fourth-order valence-corrected chi connectivity index (χ4v) is 2.22. The van der Waals surface area contributed by atoms with Crippen LogP contribution in [-0.2, 0) is 16.1 Å². The number of aryl methyl sites for hydroxylation is 1.